The summed E-state index contributed by atoms with van der Waals surface area (Å²) >= 11 is 0. The number of aromatic amines is 1. The van der Waals surface area contributed by atoms with Crippen LogP contribution in [0.1, 0.15) is 56.2 Å². The van der Waals surface area contributed by atoms with E-state index in [1.165, 1.54) is 6.92 Å². The number of aryl methyl sites for hydroxylation is 1. The van der Waals surface area contributed by atoms with Gasteiger partial charge in [0.2, 0.25) is 11.8 Å². The lowest BCUT2D eigenvalue weighted by atomic mass is 10.00. The topological polar surface area (TPSA) is 86.9 Å². The van der Waals surface area contributed by atoms with E-state index in [2.05, 4.69) is 20.6 Å². The smallest absolute Gasteiger partial charge is 0.223 e. The van der Waals surface area contributed by atoms with Gasteiger partial charge < -0.3 is 15.6 Å². The molecular weight excluding hydrogens is 364 g/mol. The summed E-state index contributed by atoms with van der Waals surface area (Å²) in [5.41, 5.74) is 3.85. The molecule has 29 heavy (non-hydrogen) atoms. The fourth-order valence-corrected chi connectivity index (χ4v) is 3.38. The zero-order chi connectivity index (χ0) is 21.0. The number of fused-ring (bicyclic) bond motifs is 1. The van der Waals surface area contributed by atoms with Gasteiger partial charge in [-0.05, 0) is 30.5 Å². The van der Waals surface area contributed by atoms with Crippen LogP contribution in [-0.2, 0) is 9.59 Å². The lowest BCUT2D eigenvalue weighted by molar-refractivity contribution is -0.123. The third-order valence-corrected chi connectivity index (χ3v) is 4.93. The molecule has 2 atom stereocenters. The lowest BCUT2D eigenvalue weighted by Crippen LogP contribution is -2.36. The van der Waals surface area contributed by atoms with Crippen molar-refractivity contribution in [2.75, 3.05) is 0 Å². The normalized spacial score (nSPS) is 13.3. The summed E-state index contributed by atoms with van der Waals surface area (Å²) in [5.74, 6) is 0.587. The highest BCUT2D eigenvalue weighted by Gasteiger charge is 2.24. The molecule has 0 aliphatic carbocycles. The number of benzene rings is 2. The van der Waals surface area contributed by atoms with E-state index in [-0.39, 0.29) is 36.2 Å². The van der Waals surface area contributed by atoms with Crippen molar-refractivity contribution >= 4 is 22.8 Å². The minimum absolute atomic E-state index is 0.136. The van der Waals surface area contributed by atoms with Gasteiger partial charge >= 0.3 is 0 Å². The van der Waals surface area contributed by atoms with Crippen LogP contribution < -0.4 is 10.6 Å². The highest BCUT2D eigenvalue weighted by molar-refractivity contribution is 5.80. The van der Waals surface area contributed by atoms with Crippen molar-refractivity contribution in [1.29, 1.82) is 0 Å². The number of carbonyl (C=O) groups is 2. The Bertz CT molecular complexity index is 959. The second-order valence-corrected chi connectivity index (χ2v) is 7.80. The first-order valence-corrected chi connectivity index (χ1v) is 9.91. The van der Waals surface area contributed by atoms with Crippen LogP contribution in [-0.4, -0.2) is 21.8 Å². The third kappa shape index (κ3) is 5.22. The molecule has 0 spiro atoms. The summed E-state index contributed by atoms with van der Waals surface area (Å²) in [6.45, 7) is 7.56. The quantitative estimate of drug-likeness (QED) is 0.569. The van der Waals surface area contributed by atoms with E-state index in [1.54, 1.807) is 0 Å². The van der Waals surface area contributed by atoms with Crippen LogP contribution in [0.4, 0.5) is 0 Å². The molecule has 0 aliphatic heterocycles. The Labute approximate surface area is 171 Å². The van der Waals surface area contributed by atoms with Gasteiger partial charge in [0.05, 0.1) is 29.5 Å². The van der Waals surface area contributed by atoms with Gasteiger partial charge in [0.1, 0.15) is 5.82 Å². The zero-order valence-corrected chi connectivity index (χ0v) is 17.3. The number of para-hydroxylation sites is 2. The van der Waals surface area contributed by atoms with Crippen LogP contribution in [0.15, 0.2) is 48.5 Å². The maximum Gasteiger partial charge on any atom is 0.223 e. The number of nitrogens with one attached hydrogen (secondary N) is 3. The number of H-pyrrole nitrogens is 1. The van der Waals surface area contributed by atoms with Gasteiger partial charge in [-0.15, -0.1) is 0 Å². The molecule has 2 aromatic carbocycles. The number of hydrogen-bond donors (Lipinski definition) is 3. The van der Waals surface area contributed by atoms with E-state index < -0.39 is 0 Å². The van der Waals surface area contributed by atoms with Crippen LogP contribution in [0, 0.1) is 12.8 Å². The third-order valence-electron chi connectivity index (χ3n) is 4.93. The lowest BCUT2D eigenvalue weighted by Gasteiger charge is -2.23. The molecule has 3 aromatic rings. The van der Waals surface area contributed by atoms with Crippen molar-refractivity contribution in [2.24, 2.45) is 5.92 Å². The average molecular weight is 393 g/mol. The van der Waals surface area contributed by atoms with E-state index >= 15 is 0 Å². The largest absolute Gasteiger partial charge is 0.349 e. The van der Waals surface area contributed by atoms with Crippen LogP contribution in [0.25, 0.3) is 11.0 Å². The molecule has 3 rings (SSSR count). The first-order chi connectivity index (χ1) is 13.8. The number of aromatic nitrogens is 2. The Morgan fingerprint density at radius 2 is 1.72 bits per heavy atom. The van der Waals surface area contributed by atoms with Crippen molar-refractivity contribution in [1.82, 2.24) is 20.6 Å². The summed E-state index contributed by atoms with van der Waals surface area (Å²) in [6, 6.07) is 15.0. The predicted octanol–water partition coefficient (Wildman–Crippen LogP) is 3.95. The molecule has 0 fully saturated rings. The Morgan fingerprint density at radius 3 is 2.34 bits per heavy atom. The Balaban J connectivity index is 1.77. The van der Waals surface area contributed by atoms with Gasteiger partial charge in [-0.3, -0.25) is 9.59 Å². The minimum atomic E-state index is -0.378. The zero-order valence-electron chi connectivity index (χ0n) is 17.3. The van der Waals surface area contributed by atoms with E-state index in [9.17, 15) is 9.59 Å². The Morgan fingerprint density at radius 1 is 1.03 bits per heavy atom. The first kappa shape index (κ1) is 20.6. The summed E-state index contributed by atoms with van der Waals surface area (Å²) < 4.78 is 0. The van der Waals surface area contributed by atoms with Crippen LogP contribution >= 0.6 is 0 Å². The molecule has 0 radical (unpaired) electrons. The average Bonchev–Trinajstić information content (AvgIpc) is 3.09. The summed E-state index contributed by atoms with van der Waals surface area (Å²) in [6.07, 6.45) is 0.159. The van der Waals surface area contributed by atoms with E-state index in [0.29, 0.717) is 0 Å². The molecular formula is C23H28N4O2. The molecule has 0 saturated heterocycles. The summed E-state index contributed by atoms with van der Waals surface area (Å²) in [4.78, 5) is 32.5. The molecule has 152 valence electrons. The van der Waals surface area contributed by atoms with Crippen molar-refractivity contribution in [3.05, 3.63) is 65.5 Å². The van der Waals surface area contributed by atoms with Crippen LogP contribution in [0.2, 0.25) is 0 Å². The Hall–Kier alpha value is -3.15. The van der Waals surface area contributed by atoms with Crippen molar-refractivity contribution in [3.63, 3.8) is 0 Å². The van der Waals surface area contributed by atoms with Gasteiger partial charge in [-0.2, -0.15) is 0 Å². The molecule has 1 aromatic heterocycles. The monoisotopic (exact) mass is 392 g/mol. The fraction of sp³-hybridized carbons (Fsp3) is 0.348. The first-order valence-electron chi connectivity index (χ1n) is 9.91. The van der Waals surface area contributed by atoms with E-state index in [1.807, 2.05) is 69.3 Å². The minimum Gasteiger partial charge on any atom is -0.349 e. The second kappa shape index (κ2) is 8.90. The van der Waals surface area contributed by atoms with Crippen LogP contribution in [0.5, 0.6) is 0 Å². The molecule has 0 aliphatic rings. The van der Waals surface area contributed by atoms with Crippen molar-refractivity contribution in [2.45, 2.75) is 46.2 Å². The molecule has 1 heterocycles. The van der Waals surface area contributed by atoms with Gasteiger partial charge in [0, 0.05) is 6.92 Å². The fourth-order valence-electron chi connectivity index (χ4n) is 3.38. The number of carbonyl (C=O) groups excluding carboxylic acids is 2. The predicted molar refractivity (Wildman–Crippen MR) is 114 cm³/mol. The SMILES string of the molecule is CC(=O)N[C@@H](CC(=O)N[C@@H](c1nc2ccccc2[nH]1)C(C)C)c1ccc(C)cc1. The van der Waals surface area contributed by atoms with Crippen LogP contribution in [0.3, 0.4) is 0 Å². The number of amides is 2. The van der Waals surface area contributed by atoms with E-state index in [4.69, 9.17) is 0 Å². The summed E-state index contributed by atoms with van der Waals surface area (Å²) in [5, 5.41) is 5.98. The van der Waals surface area contributed by atoms with Gasteiger partial charge in [0.15, 0.2) is 0 Å². The number of rotatable bonds is 7. The number of nitrogens with zero attached hydrogens (tertiary/aromatic N) is 1. The van der Waals surface area contributed by atoms with Crippen molar-refractivity contribution < 1.29 is 9.59 Å². The van der Waals surface area contributed by atoms with Gasteiger partial charge in [0.25, 0.3) is 0 Å². The molecule has 0 saturated carbocycles. The molecule has 2 amide bonds. The molecule has 3 N–H and O–H groups in total. The molecule has 0 bridgehead atoms. The molecule has 6 heteroatoms. The van der Waals surface area contributed by atoms with E-state index in [0.717, 1.165) is 28.0 Å². The van der Waals surface area contributed by atoms with Gasteiger partial charge in [-0.1, -0.05) is 55.8 Å². The Kier molecular flexibility index (Phi) is 6.32. The highest BCUT2D eigenvalue weighted by atomic mass is 16.2. The summed E-state index contributed by atoms with van der Waals surface area (Å²) in [7, 11) is 0. The maximum absolute atomic E-state index is 12.9. The number of imidazole rings is 1. The second-order valence-electron chi connectivity index (χ2n) is 7.80. The van der Waals surface area contributed by atoms with Gasteiger partial charge in [-0.25, -0.2) is 4.98 Å². The molecule has 0 unspecified atom stereocenters. The maximum atomic E-state index is 12.9. The number of hydrogen-bond acceptors (Lipinski definition) is 3. The molecule has 6 nitrogen and oxygen atoms in total. The highest BCUT2D eigenvalue weighted by Crippen LogP contribution is 2.24. The van der Waals surface area contributed by atoms with Crippen molar-refractivity contribution in [3.8, 4) is 0 Å². The standard InChI is InChI=1S/C23H28N4O2/c1-14(2)22(23-25-18-7-5-6-8-19(18)26-23)27-21(29)13-20(24-16(4)28)17-11-9-15(3)10-12-17/h5-12,14,20,22H,13H2,1-4H3,(H,24,28)(H,25,26)(H,27,29)/t20-,22+/m0/s1.